The van der Waals surface area contributed by atoms with Crippen LogP contribution < -0.4 is 5.32 Å². The summed E-state index contributed by atoms with van der Waals surface area (Å²) in [5.41, 5.74) is 1.91. The molecule has 1 aliphatic heterocycles. The van der Waals surface area contributed by atoms with Gasteiger partial charge >= 0.3 is 5.97 Å². The van der Waals surface area contributed by atoms with Crippen molar-refractivity contribution in [3.8, 4) is 0 Å². The number of carbonyl (C=O) groups excluding carboxylic acids is 1. The summed E-state index contributed by atoms with van der Waals surface area (Å²) in [6.45, 7) is 6.26. The van der Waals surface area contributed by atoms with Crippen molar-refractivity contribution in [2.24, 2.45) is 0 Å². The third-order valence-corrected chi connectivity index (χ3v) is 3.48. The molecule has 5 heteroatoms. The number of nitrogens with one attached hydrogen (secondary N) is 1. The Morgan fingerprint density at radius 2 is 2.35 bits per heavy atom. The molecule has 1 aromatic heterocycles. The Kier molecular flexibility index (Phi) is 5.47. The summed E-state index contributed by atoms with van der Waals surface area (Å²) in [4.78, 5) is 20.6. The lowest BCUT2D eigenvalue weighted by Crippen LogP contribution is -2.29. The van der Waals surface area contributed by atoms with E-state index in [0.29, 0.717) is 25.4 Å². The van der Waals surface area contributed by atoms with Crippen LogP contribution in [-0.4, -0.2) is 35.6 Å². The van der Waals surface area contributed by atoms with Crippen LogP contribution in [0.4, 0.5) is 0 Å². The minimum Gasteiger partial charge on any atom is -0.466 e. The second kappa shape index (κ2) is 7.33. The Morgan fingerprint density at radius 3 is 3.05 bits per heavy atom. The number of carbonyl (C=O) groups is 1. The fourth-order valence-electron chi connectivity index (χ4n) is 2.50. The molecular weight excluding hydrogens is 254 g/mol. The first kappa shape index (κ1) is 14.9. The molecular formula is C15H23N3O2. The fraction of sp³-hybridized carbons (Fsp3) is 0.667. The van der Waals surface area contributed by atoms with Crippen molar-refractivity contribution in [3.05, 3.63) is 23.3 Å². The minimum absolute atomic E-state index is 0.162. The summed E-state index contributed by atoms with van der Waals surface area (Å²) in [5.74, 6) is 1.14. The summed E-state index contributed by atoms with van der Waals surface area (Å²) < 4.78 is 4.95. The van der Waals surface area contributed by atoms with Gasteiger partial charge in [-0.05, 0) is 39.3 Å². The molecule has 110 valence electrons. The molecule has 0 amide bonds. The van der Waals surface area contributed by atoms with E-state index < -0.39 is 0 Å². The molecule has 0 unspecified atom stereocenters. The van der Waals surface area contributed by atoms with E-state index in [-0.39, 0.29) is 5.97 Å². The maximum atomic E-state index is 11.4. The van der Waals surface area contributed by atoms with E-state index >= 15 is 0 Å². The summed E-state index contributed by atoms with van der Waals surface area (Å²) in [6, 6.07) is 1.96. The summed E-state index contributed by atoms with van der Waals surface area (Å²) in [6.07, 6.45) is 3.30. The molecule has 1 aliphatic rings. The molecule has 1 saturated heterocycles. The van der Waals surface area contributed by atoms with Crippen molar-refractivity contribution >= 4 is 5.97 Å². The van der Waals surface area contributed by atoms with Gasteiger partial charge in [0, 0.05) is 30.3 Å². The highest BCUT2D eigenvalue weighted by molar-refractivity contribution is 5.69. The first-order valence-corrected chi connectivity index (χ1v) is 7.40. The first-order valence-electron chi connectivity index (χ1n) is 7.40. The van der Waals surface area contributed by atoms with E-state index in [0.717, 1.165) is 36.7 Å². The summed E-state index contributed by atoms with van der Waals surface area (Å²) in [5, 5.41) is 3.39. The Bertz CT molecular complexity index is 456. The van der Waals surface area contributed by atoms with Crippen molar-refractivity contribution < 1.29 is 9.53 Å². The molecule has 0 spiro atoms. The van der Waals surface area contributed by atoms with Crippen molar-refractivity contribution in [3.63, 3.8) is 0 Å². The molecule has 0 saturated carbocycles. The normalized spacial score (nSPS) is 18.8. The lowest BCUT2D eigenvalue weighted by Gasteiger charge is -2.22. The number of aryl methyl sites for hydroxylation is 2. The smallest absolute Gasteiger partial charge is 0.306 e. The highest BCUT2D eigenvalue weighted by Gasteiger charge is 2.18. The van der Waals surface area contributed by atoms with Gasteiger partial charge in [-0.3, -0.25) is 4.79 Å². The predicted molar refractivity (Wildman–Crippen MR) is 76.6 cm³/mol. The largest absolute Gasteiger partial charge is 0.466 e. The van der Waals surface area contributed by atoms with Gasteiger partial charge in [0.05, 0.1) is 13.0 Å². The third-order valence-electron chi connectivity index (χ3n) is 3.48. The lowest BCUT2D eigenvalue weighted by molar-refractivity contribution is -0.143. The van der Waals surface area contributed by atoms with Crippen molar-refractivity contribution in [2.75, 3.05) is 19.7 Å². The standard InChI is InChI=1S/C15H23N3O2/c1-3-20-14(19)7-6-13-9-11(2)17-15(18-13)12-5-4-8-16-10-12/h9,12,16H,3-8,10H2,1-2H3/t12-/m0/s1. The number of piperidine rings is 1. The summed E-state index contributed by atoms with van der Waals surface area (Å²) in [7, 11) is 0. The van der Waals surface area contributed by atoms with E-state index in [9.17, 15) is 4.79 Å². The van der Waals surface area contributed by atoms with E-state index in [2.05, 4.69) is 15.3 Å². The van der Waals surface area contributed by atoms with Crippen LogP contribution in [0.3, 0.4) is 0 Å². The molecule has 1 fully saturated rings. The monoisotopic (exact) mass is 277 g/mol. The third kappa shape index (κ3) is 4.27. The zero-order valence-corrected chi connectivity index (χ0v) is 12.3. The SMILES string of the molecule is CCOC(=O)CCc1cc(C)nc([C@H]2CCCNC2)n1. The van der Waals surface area contributed by atoms with Crippen LogP contribution in [0.25, 0.3) is 0 Å². The molecule has 20 heavy (non-hydrogen) atoms. The van der Waals surface area contributed by atoms with Crippen LogP contribution in [0, 0.1) is 6.92 Å². The van der Waals surface area contributed by atoms with Crippen LogP contribution in [0.2, 0.25) is 0 Å². The van der Waals surface area contributed by atoms with Crippen LogP contribution >= 0.6 is 0 Å². The second-order valence-electron chi connectivity index (χ2n) is 5.21. The van der Waals surface area contributed by atoms with Crippen LogP contribution in [0.1, 0.15) is 49.3 Å². The topological polar surface area (TPSA) is 64.1 Å². The Hall–Kier alpha value is -1.49. The van der Waals surface area contributed by atoms with E-state index in [4.69, 9.17) is 4.74 Å². The number of nitrogens with zero attached hydrogens (tertiary/aromatic N) is 2. The van der Waals surface area contributed by atoms with Crippen molar-refractivity contribution in [1.29, 1.82) is 0 Å². The quantitative estimate of drug-likeness (QED) is 0.831. The number of ether oxygens (including phenoxy) is 1. The van der Waals surface area contributed by atoms with Crippen LogP contribution in [0.5, 0.6) is 0 Å². The second-order valence-corrected chi connectivity index (χ2v) is 5.21. The Morgan fingerprint density at radius 1 is 1.50 bits per heavy atom. The number of rotatable bonds is 5. The average molecular weight is 277 g/mol. The molecule has 0 bridgehead atoms. The molecule has 2 heterocycles. The van der Waals surface area contributed by atoms with Crippen LogP contribution in [-0.2, 0) is 16.0 Å². The maximum absolute atomic E-state index is 11.4. The van der Waals surface area contributed by atoms with Gasteiger partial charge in [0.1, 0.15) is 5.82 Å². The van der Waals surface area contributed by atoms with Crippen molar-refractivity contribution in [2.45, 2.75) is 45.4 Å². The number of hydrogen-bond donors (Lipinski definition) is 1. The van der Waals surface area contributed by atoms with Gasteiger partial charge in [0.2, 0.25) is 0 Å². The minimum atomic E-state index is -0.162. The van der Waals surface area contributed by atoms with Gasteiger partial charge in [-0.25, -0.2) is 9.97 Å². The van der Waals surface area contributed by atoms with Gasteiger partial charge in [-0.15, -0.1) is 0 Å². The first-order chi connectivity index (χ1) is 9.69. The number of esters is 1. The molecule has 5 nitrogen and oxygen atoms in total. The summed E-state index contributed by atoms with van der Waals surface area (Å²) >= 11 is 0. The Balaban J connectivity index is 2.02. The van der Waals surface area contributed by atoms with Gasteiger partial charge in [0.15, 0.2) is 0 Å². The highest BCUT2D eigenvalue weighted by atomic mass is 16.5. The molecule has 0 aromatic carbocycles. The van der Waals surface area contributed by atoms with E-state index in [1.54, 1.807) is 0 Å². The maximum Gasteiger partial charge on any atom is 0.306 e. The number of hydrogen-bond acceptors (Lipinski definition) is 5. The zero-order chi connectivity index (χ0) is 14.4. The van der Waals surface area contributed by atoms with Gasteiger partial charge in [0.25, 0.3) is 0 Å². The Labute approximate surface area is 120 Å². The molecule has 0 aliphatic carbocycles. The van der Waals surface area contributed by atoms with Crippen LogP contribution in [0.15, 0.2) is 6.07 Å². The van der Waals surface area contributed by atoms with E-state index in [1.165, 1.54) is 6.42 Å². The number of aromatic nitrogens is 2. The van der Waals surface area contributed by atoms with E-state index in [1.807, 2.05) is 19.9 Å². The van der Waals surface area contributed by atoms with Crippen molar-refractivity contribution in [1.82, 2.24) is 15.3 Å². The highest BCUT2D eigenvalue weighted by Crippen LogP contribution is 2.20. The predicted octanol–water partition coefficient (Wildman–Crippen LogP) is 1.75. The lowest BCUT2D eigenvalue weighted by atomic mass is 9.98. The molecule has 1 aromatic rings. The van der Waals surface area contributed by atoms with Gasteiger partial charge in [-0.1, -0.05) is 0 Å². The fourth-order valence-corrected chi connectivity index (χ4v) is 2.50. The molecule has 0 radical (unpaired) electrons. The molecule has 2 rings (SSSR count). The van der Waals surface area contributed by atoms with Gasteiger partial charge in [-0.2, -0.15) is 0 Å². The molecule has 1 N–H and O–H groups in total. The zero-order valence-electron chi connectivity index (χ0n) is 12.3. The van der Waals surface area contributed by atoms with Gasteiger partial charge < -0.3 is 10.1 Å². The molecule has 1 atom stereocenters. The average Bonchev–Trinajstić information content (AvgIpc) is 2.46.